The third-order valence-electron chi connectivity index (χ3n) is 4.38. The zero-order chi connectivity index (χ0) is 17.6. The van der Waals surface area contributed by atoms with Crippen molar-refractivity contribution in [1.29, 1.82) is 0 Å². The van der Waals surface area contributed by atoms with Crippen LogP contribution in [-0.2, 0) is 22.7 Å². The molecule has 2 aromatic rings. The number of ether oxygens (including phenoxy) is 3. The Balaban J connectivity index is 1.79. The number of hydrogen-bond donors (Lipinski definition) is 1. The van der Waals surface area contributed by atoms with Gasteiger partial charge < -0.3 is 19.3 Å². The molecule has 0 amide bonds. The summed E-state index contributed by atoms with van der Waals surface area (Å²) in [6.07, 6.45) is 2.93. The maximum atomic E-state index is 14.2. The highest BCUT2D eigenvalue weighted by atomic mass is 19.1. The van der Waals surface area contributed by atoms with Crippen molar-refractivity contribution in [1.82, 2.24) is 0 Å². The first-order valence-electron chi connectivity index (χ1n) is 8.51. The molecule has 1 N–H and O–H groups in total. The lowest BCUT2D eigenvalue weighted by Gasteiger charge is -2.23. The summed E-state index contributed by atoms with van der Waals surface area (Å²) in [6, 6.07) is 10.1. The van der Waals surface area contributed by atoms with Crippen molar-refractivity contribution < 1.29 is 23.7 Å². The van der Waals surface area contributed by atoms with Crippen LogP contribution >= 0.6 is 0 Å². The van der Waals surface area contributed by atoms with Crippen molar-refractivity contribution in [2.45, 2.75) is 38.8 Å². The standard InChI is InChI=1S/C20H23FO4/c1-23-16-6-8-19(21)18(11-16)17-7-5-14(10-15(17)12-22)13-25-20-4-2-3-9-24-20/h5-8,10-11,20,22H,2-4,9,12-13H2,1H3. The van der Waals surface area contributed by atoms with Crippen molar-refractivity contribution in [2.75, 3.05) is 13.7 Å². The quantitative estimate of drug-likeness (QED) is 0.858. The summed E-state index contributed by atoms with van der Waals surface area (Å²) in [5, 5.41) is 9.72. The zero-order valence-electron chi connectivity index (χ0n) is 14.3. The summed E-state index contributed by atoms with van der Waals surface area (Å²) >= 11 is 0. The molecule has 0 aliphatic carbocycles. The van der Waals surface area contributed by atoms with Gasteiger partial charge >= 0.3 is 0 Å². The molecule has 2 aromatic carbocycles. The number of benzene rings is 2. The van der Waals surface area contributed by atoms with Gasteiger partial charge in [0.25, 0.3) is 0 Å². The second-order valence-electron chi connectivity index (χ2n) is 6.10. The van der Waals surface area contributed by atoms with E-state index in [2.05, 4.69) is 0 Å². The summed E-state index contributed by atoms with van der Waals surface area (Å²) in [5.74, 6) is 0.220. The van der Waals surface area contributed by atoms with Gasteiger partial charge in [-0.05, 0) is 54.2 Å². The Labute approximate surface area is 147 Å². The van der Waals surface area contributed by atoms with Crippen molar-refractivity contribution in [3.05, 3.63) is 53.3 Å². The maximum Gasteiger partial charge on any atom is 0.158 e. The molecular formula is C20H23FO4. The molecule has 25 heavy (non-hydrogen) atoms. The topological polar surface area (TPSA) is 47.9 Å². The van der Waals surface area contributed by atoms with Gasteiger partial charge in [0.1, 0.15) is 11.6 Å². The minimum absolute atomic E-state index is 0.165. The van der Waals surface area contributed by atoms with Gasteiger partial charge in [0.2, 0.25) is 0 Å². The Kier molecular flexibility index (Phi) is 6.02. The van der Waals surface area contributed by atoms with Crippen LogP contribution in [0.3, 0.4) is 0 Å². The van der Waals surface area contributed by atoms with Crippen LogP contribution in [0.15, 0.2) is 36.4 Å². The summed E-state index contributed by atoms with van der Waals surface area (Å²) < 4.78 is 30.7. The summed E-state index contributed by atoms with van der Waals surface area (Å²) in [6.45, 7) is 0.957. The second kappa shape index (κ2) is 8.43. The Morgan fingerprint density at radius 3 is 2.76 bits per heavy atom. The fraction of sp³-hybridized carbons (Fsp3) is 0.400. The van der Waals surface area contributed by atoms with Gasteiger partial charge in [-0.2, -0.15) is 0 Å². The van der Waals surface area contributed by atoms with Gasteiger partial charge in [-0.3, -0.25) is 0 Å². The van der Waals surface area contributed by atoms with Gasteiger partial charge in [-0.1, -0.05) is 18.2 Å². The van der Waals surface area contributed by atoms with Crippen LogP contribution < -0.4 is 4.74 Å². The lowest BCUT2D eigenvalue weighted by atomic mass is 9.97. The highest BCUT2D eigenvalue weighted by molar-refractivity contribution is 5.69. The first-order valence-corrected chi connectivity index (χ1v) is 8.51. The van der Waals surface area contributed by atoms with Crippen LogP contribution in [0.1, 0.15) is 30.4 Å². The SMILES string of the molecule is COc1ccc(F)c(-c2ccc(COC3CCCCO3)cc2CO)c1. The van der Waals surface area contributed by atoms with Crippen molar-refractivity contribution in [3.63, 3.8) is 0 Å². The first kappa shape index (κ1) is 17.9. The third-order valence-corrected chi connectivity index (χ3v) is 4.38. The first-order chi connectivity index (χ1) is 12.2. The molecular weight excluding hydrogens is 323 g/mol. The lowest BCUT2D eigenvalue weighted by molar-refractivity contribution is -0.168. The molecule has 1 unspecified atom stereocenters. The van der Waals surface area contributed by atoms with E-state index in [4.69, 9.17) is 14.2 Å². The van der Waals surface area contributed by atoms with E-state index >= 15 is 0 Å². The molecule has 1 aliphatic heterocycles. The van der Waals surface area contributed by atoms with Crippen molar-refractivity contribution in [3.8, 4) is 16.9 Å². The van der Waals surface area contributed by atoms with E-state index < -0.39 is 0 Å². The van der Waals surface area contributed by atoms with Crippen LogP contribution in [0, 0.1) is 5.82 Å². The number of aliphatic hydroxyl groups excluding tert-OH is 1. The molecule has 0 bridgehead atoms. The largest absolute Gasteiger partial charge is 0.497 e. The molecule has 1 saturated heterocycles. The fourth-order valence-corrected chi connectivity index (χ4v) is 3.00. The Hall–Kier alpha value is -1.95. The third kappa shape index (κ3) is 4.37. The number of rotatable bonds is 6. The number of hydrogen-bond acceptors (Lipinski definition) is 4. The van der Waals surface area contributed by atoms with E-state index in [-0.39, 0.29) is 18.7 Å². The van der Waals surface area contributed by atoms with Crippen LogP contribution in [0.5, 0.6) is 5.75 Å². The number of halogens is 1. The molecule has 0 spiro atoms. The minimum Gasteiger partial charge on any atom is -0.497 e. The zero-order valence-corrected chi connectivity index (χ0v) is 14.3. The van der Waals surface area contributed by atoms with Crippen molar-refractivity contribution >= 4 is 0 Å². The molecule has 3 rings (SSSR count). The molecule has 134 valence electrons. The van der Waals surface area contributed by atoms with Gasteiger partial charge in [0.05, 0.1) is 20.3 Å². The van der Waals surface area contributed by atoms with Crippen molar-refractivity contribution in [2.24, 2.45) is 0 Å². The molecule has 1 aliphatic rings. The molecule has 1 fully saturated rings. The van der Waals surface area contributed by atoms with E-state index in [1.165, 1.54) is 13.2 Å². The molecule has 0 radical (unpaired) electrons. The van der Waals surface area contributed by atoms with Gasteiger partial charge in [-0.25, -0.2) is 4.39 Å². The van der Waals surface area contributed by atoms with E-state index in [0.29, 0.717) is 29.0 Å². The Morgan fingerprint density at radius 1 is 1.16 bits per heavy atom. The summed E-state index contributed by atoms with van der Waals surface area (Å²) in [5.41, 5.74) is 2.63. The molecule has 4 nitrogen and oxygen atoms in total. The smallest absolute Gasteiger partial charge is 0.158 e. The highest BCUT2D eigenvalue weighted by Gasteiger charge is 2.15. The van der Waals surface area contributed by atoms with Gasteiger partial charge in [-0.15, -0.1) is 0 Å². The van der Waals surface area contributed by atoms with Gasteiger partial charge in [0, 0.05) is 12.2 Å². The number of methoxy groups -OCH3 is 1. The average Bonchev–Trinajstić information content (AvgIpc) is 2.67. The van der Waals surface area contributed by atoms with Crippen LogP contribution in [0.25, 0.3) is 11.1 Å². The van der Waals surface area contributed by atoms with E-state index in [1.807, 2.05) is 18.2 Å². The normalized spacial score (nSPS) is 17.5. The highest BCUT2D eigenvalue weighted by Crippen LogP contribution is 2.31. The maximum absolute atomic E-state index is 14.2. The lowest BCUT2D eigenvalue weighted by Crippen LogP contribution is -2.22. The Bertz CT molecular complexity index is 711. The van der Waals surface area contributed by atoms with E-state index in [1.54, 1.807) is 12.1 Å². The molecule has 0 aromatic heterocycles. The van der Waals surface area contributed by atoms with E-state index in [0.717, 1.165) is 31.4 Å². The molecule has 5 heteroatoms. The monoisotopic (exact) mass is 346 g/mol. The van der Waals surface area contributed by atoms with Gasteiger partial charge in [0.15, 0.2) is 6.29 Å². The summed E-state index contributed by atoms with van der Waals surface area (Å²) in [4.78, 5) is 0. The fourth-order valence-electron chi connectivity index (χ4n) is 3.00. The summed E-state index contributed by atoms with van der Waals surface area (Å²) in [7, 11) is 1.54. The van der Waals surface area contributed by atoms with Crippen LogP contribution in [0.4, 0.5) is 4.39 Å². The predicted octanol–water partition coefficient (Wildman–Crippen LogP) is 4.04. The second-order valence-corrected chi connectivity index (χ2v) is 6.10. The minimum atomic E-state index is -0.352. The Morgan fingerprint density at radius 2 is 2.04 bits per heavy atom. The van der Waals surface area contributed by atoms with E-state index in [9.17, 15) is 9.50 Å². The average molecular weight is 346 g/mol. The number of aliphatic hydroxyl groups is 1. The molecule has 1 heterocycles. The molecule has 1 atom stereocenters. The van der Waals surface area contributed by atoms with Crippen LogP contribution in [-0.4, -0.2) is 25.1 Å². The van der Waals surface area contributed by atoms with Crippen LogP contribution in [0.2, 0.25) is 0 Å². The molecule has 0 saturated carbocycles. The predicted molar refractivity (Wildman–Crippen MR) is 92.7 cm³/mol.